The lowest BCUT2D eigenvalue weighted by Gasteiger charge is -2.35. The smallest absolute Gasteiger partial charge is 0.292 e. The Balaban J connectivity index is 1.65. The maximum atomic E-state index is 12.6. The van der Waals surface area contributed by atoms with Gasteiger partial charge in [-0.2, -0.15) is 0 Å². The molecule has 1 aliphatic rings. The summed E-state index contributed by atoms with van der Waals surface area (Å²) in [6.07, 6.45) is 0. The van der Waals surface area contributed by atoms with Gasteiger partial charge in [0.1, 0.15) is 11.4 Å². The van der Waals surface area contributed by atoms with Gasteiger partial charge in [0.15, 0.2) is 0 Å². The molecule has 2 aromatic carbocycles. The van der Waals surface area contributed by atoms with Crippen molar-refractivity contribution in [2.45, 2.75) is 6.92 Å². The minimum Gasteiger partial charge on any atom is -0.494 e. The summed E-state index contributed by atoms with van der Waals surface area (Å²) in [5.74, 6) is 0.709. The van der Waals surface area contributed by atoms with Gasteiger partial charge in [-0.15, -0.1) is 0 Å². The predicted octanol–water partition coefficient (Wildman–Crippen LogP) is 2.96. The number of carbonyl (C=O) groups excluding carboxylic acids is 1. The first kappa shape index (κ1) is 17.7. The zero-order chi connectivity index (χ0) is 18.5. The Morgan fingerprint density at radius 1 is 1.08 bits per heavy atom. The minimum absolute atomic E-state index is 0.0322. The van der Waals surface area contributed by atoms with Crippen molar-refractivity contribution in [1.29, 1.82) is 0 Å². The van der Waals surface area contributed by atoms with E-state index in [0.29, 0.717) is 44.0 Å². The van der Waals surface area contributed by atoms with Crippen molar-refractivity contribution in [2.75, 3.05) is 37.7 Å². The summed E-state index contributed by atoms with van der Waals surface area (Å²) in [5.41, 5.74) is 1.32. The number of rotatable bonds is 5. The molecule has 1 amide bonds. The van der Waals surface area contributed by atoms with E-state index in [4.69, 9.17) is 4.74 Å². The summed E-state index contributed by atoms with van der Waals surface area (Å²) < 4.78 is 5.39. The molecule has 1 heterocycles. The first-order chi connectivity index (χ1) is 12.6. The normalized spacial score (nSPS) is 14.2. The summed E-state index contributed by atoms with van der Waals surface area (Å²) in [6, 6.07) is 13.8. The van der Waals surface area contributed by atoms with Gasteiger partial charge in [-0.05, 0) is 37.3 Å². The fraction of sp³-hybridized carbons (Fsp3) is 0.316. The van der Waals surface area contributed by atoms with Crippen LogP contribution in [0.2, 0.25) is 0 Å². The third-order valence-electron chi connectivity index (χ3n) is 4.40. The lowest BCUT2D eigenvalue weighted by molar-refractivity contribution is -0.384. The Morgan fingerprint density at radius 2 is 1.73 bits per heavy atom. The molecule has 7 nitrogen and oxygen atoms in total. The number of amides is 1. The summed E-state index contributed by atoms with van der Waals surface area (Å²) in [4.78, 5) is 27.2. The number of carbonyl (C=O) groups is 1. The molecule has 7 heteroatoms. The first-order valence-corrected chi connectivity index (χ1v) is 8.60. The Kier molecular flexibility index (Phi) is 5.36. The van der Waals surface area contributed by atoms with Crippen LogP contribution in [-0.4, -0.2) is 48.5 Å². The number of anilines is 1. The van der Waals surface area contributed by atoms with Crippen LogP contribution in [0.1, 0.15) is 17.3 Å². The number of para-hydroxylation sites is 2. The third kappa shape index (κ3) is 3.77. The zero-order valence-electron chi connectivity index (χ0n) is 14.6. The highest BCUT2D eigenvalue weighted by atomic mass is 16.6. The van der Waals surface area contributed by atoms with E-state index in [9.17, 15) is 14.9 Å². The molecule has 136 valence electrons. The van der Waals surface area contributed by atoms with Gasteiger partial charge >= 0.3 is 0 Å². The van der Waals surface area contributed by atoms with Crippen molar-refractivity contribution >= 4 is 17.3 Å². The fourth-order valence-electron chi connectivity index (χ4n) is 3.08. The molecule has 0 radical (unpaired) electrons. The second kappa shape index (κ2) is 7.86. The van der Waals surface area contributed by atoms with Crippen LogP contribution in [0.5, 0.6) is 5.75 Å². The molecule has 0 spiro atoms. The fourth-order valence-corrected chi connectivity index (χ4v) is 3.08. The second-order valence-corrected chi connectivity index (χ2v) is 5.98. The highest BCUT2D eigenvalue weighted by molar-refractivity contribution is 5.94. The predicted molar refractivity (Wildman–Crippen MR) is 98.8 cm³/mol. The van der Waals surface area contributed by atoms with Crippen LogP contribution < -0.4 is 9.64 Å². The van der Waals surface area contributed by atoms with Crippen LogP contribution >= 0.6 is 0 Å². The third-order valence-corrected chi connectivity index (χ3v) is 4.40. The van der Waals surface area contributed by atoms with E-state index in [1.165, 1.54) is 6.07 Å². The highest BCUT2D eigenvalue weighted by Gasteiger charge is 2.25. The standard InChI is InChI=1S/C19H21N3O4/c1-2-26-16-9-7-15(8-10-16)19(23)21-13-11-20(12-14-21)17-5-3-4-6-18(17)22(24)25/h3-10H,2,11-14H2,1H3. The SMILES string of the molecule is CCOc1ccc(C(=O)N2CCN(c3ccccc3[N+](=O)[O-])CC2)cc1. The summed E-state index contributed by atoms with van der Waals surface area (Å²) in [7, 11) is 0. The number of ether oxygens (including phenoxy) is 1. The van der Waals surface area contributed by atoms with Gasteiger partial charge in [0.05, 0.1) is 11.5 Å². The van der Waals surface area contributed by atoms with Crippen LogP contribution in [0.15, 0.2) is 48.5 Å². The van der Waals surface area contributed by atoms with E-state index in [1.807, 2.05) is 11.8 Å². The number of piperazine rings is 1. The lowest BCUT2D eigenvalue weighted by atomic mass is 10.1. The number of hydrogen-bond donors (Lipinski definition) is 0. The average molecular weight is 355 g/mol. The molecule has 1 aliphatic heterocycles. The Morgan fingerprint density at radius 3 is 2.35 bits per heavy atom. The van der Waals surface area contributed by atoms with Gasteiger partial charge in [0, 0.05) is 37.8 Å². The van der Waals surface area contributed by atoms with Crippen LogP contribution in [0.3, 0.4) is 0 Å². The Labute approximate surface area is 151 Å². The Hall–Kier alpha value is -3.09. The zero-order valence-corrected chi connectivity index (χ0v) is 14.6. The van der Waals surface area contributed by atoms with Crippen LogP contribution in [0.25, 0.3) is 0 Å². The molecular formula is C19H21N3O4. The molecule has 0 aromatic heterocycles. The number of nitro groups is 1. The van der Waals surface area contributed by atoms with E-state index in [2.05, 4.69) is 0 Å². The second-order valence-electron chi connectivity index (χ2n) is 5.98. The number of nitro benzene ring substituents is 1. The molecule has 26 heavy (non-hydrogen) atoms. The molecule has 2 aromatic rings. The molecule has 1 saturated heterocycles. The van der Waals surface area contributed by atoms with Gasteiger partial charge in [-0.25, -0.2) is 0 Å². The topological polar surface area (TPSA) is 75.9 Å². The van der Waals surface area contributed by atoms with Crippen LogP contribution in [-0.2, 0) is 0 Å². The van der Waals surface area contributed by atoms with Gasteiger partial charge in [0.25, 0.3) is 11.6 Å². The molecule has 0 N–H and O–H groups in total. The van der Waals surface area contributed by atoms with Crippen molar-refractivity contribution in [3.05, 3.63) is 64.2 Å². The first-order valence-electron chi connectivity index (χ1n) is 8.60. The molecule has 3 rings (SSSR count). The molecular weight excluding hydrogens is 334 g/mol. The maximum absolute atomic E-state index is 12.6. The minimum atomic E-state index is -0.368. The van der Waals surface area contributed by atoms with Crippen molar-refractivity contribution in [3.63, 3.8) is 0 Å². The lowest BCUT2D eigenvalue weighted by Crippen LogP contribution is -2.48. The summed E-state index contributed by atoms with van der Waals surface area (Å²) in [6.45, 7) is 4.67. The Bertz CT molecular complexity index is 784. The van der Waals surface area contributed by atoms with E-state index >= 15 is 0 Å². The number of hydrogen-bond acceptors (Lipinski definition) is 5. The van der Waals surface area contributed by atoms with Gasteiger partial charge < -0.3 is 14.5 Å². The van der Waals surface area contributed by atoms with Crippen LogP contribution in [0, 0.1) is 10.1 Å². The summed E-state index contributed by atoms with van der Waals surface area (Å²) in [5, 5.41) is 11.2. The van der Waals surface area contributed by atoms with Crippen molar-refractivity contribution in [1.82, 2.24) is 4.90 Å². The van der Waals surface area contributed by atoms with E-state index in [1.54, 1.807) is 47.4 Å². The van der Waals surface area contributed by atoms with Gasteiger partial charge in [-0.1, -0.05) is 12.1 Å². The molecule has 0 saturated carbocycles. The number of nitrogens with zero attached hydrogens (tertiary/aromatic N) is 3. The molecule has 1 fully saturated rings. The molecule has 0 bridgehead atoms. The average Bonchev–Trinajstić information content (AvgIpc) is 2.68. The quantitative estimate of drug-likeness (QED) is 0.609. The molecule has 0 aliphatic carbocycles. The van der Waals surface area contributed by atoms with Gasteiger partial charge in [0.2, 0.25) is 0 Å². The number of benzene rings is 2. The van der Waals surface area contributed by atoms with Crippen molar-refractivity contribution < 1.29 is 14.5 Å². The van der Waals surface area contributed by atoms with Crippen LogP contribution in [0.4, 0.5) is 11.4 Å². The molecule has 0 atom stereocenters. The molecule has 0 unspecified atom stereocenters. The summed E-state index contributed by atoms with van der Waals surface area (Å²) >= 11 is 0. The monoisotopic (exact) mass is 355 g/mol. The van der Waals surface area contributed by atoms with Crippen molar-refractivity contribution in [2.24, 2.45) is 0 Å². The van der Waals surface area contributed by atoms with E-state index in [0.717, 1.165) is 5.75 Å². The van der Waals surface area contributed by atoms with E-state index in [-0.39, 0.29) is 16.5 Å². The maximum Gasteiger partial charge on any atom is 0.292 e. The van der Waals surface area contributed by atoms with Crippen molar-refractivity contribution in [3.8, 4) is 5.75 Å². The van der Waals surface area contributed by atoms with Gasteiger partial charge in [-0.3, -0.25) is 14.9 Å². The van der Waals surface area contributed by atoms with E-state index < -0.39 is 0 Å². The highest BCUT2D eigenvalue weighted by Crippen LogP contribution is 2.28. The largest absolute Gasteiger partial charge is 0.494 e.